The van der Waals surface area contributed by atoms with Crippen LogP contribution in [0.2, 0.25) is 0 Å². The van der Waals surface area contributed by atoms with Gasteiger partial charge >= 0.3 is 0 Å². The molecular weight excluding hydrogens is 344 g/mol. The zero-order valence-corrected chi connectivity index (χ0v) is 15.2. The van der Waals surface area contributed by atoms with E-state index in [-0.39, 0.29) is 5.91 Å². The van der Waals surface area contributed by atoms with Crippen LogP contribution in [0.3, 0.4) is 0 Å². The molecule has 0 radical (unpaired) electrons. The van der Waals surface area contributed by atoms with Gasteiger partial charge in [-0.15, -0.1) is 5.10 Å². The fraction of sp³-hybridized carbons (Fsp3) is 0.389. The van der Waals surface area contributed by atoms with Crippen LogP contribution < -0.4 is 0 Å². The van der Waals surface area contributed by atoms with Crippen molar-refractivity contribution in [2.45, 2.75) is 12.6 Å². The number of amides is 1. The topological polar surface area (TPSA) is 85.0 Å². The summed E-state index contributed by atoms with van der Waals surface area (Å²) in [5, 5.41) is 11.4. The van der Waals surface area contributed by atoms with Gasteiger partial charge in [0.25, 0.3) is 5.91 Å². The third-order valence-electron chi connectivity index (χ3n) is 4.95. The Hall–Kier alpha value is -3.07. The van der Waals surface area contributed by atoms with Crippen LogP contribution in [0.25, 0.3) is 0 Å². The number of aromatic nitrogens is 6. The highest BCUT2D eigenvalue weighted by Crippen LogP contribution is 2.21. The van der Waals surface area contributed by atoms with Crippen molar-refractivity contribution < 1.29 is 4.79 Å². The van der Waals surface area contributed by atoms with Crippen molar-refractivity contribution in [3.63, 3.8) is 0 Å². The van der Waals surface area contributed by atoms with E-state index < -0.39 is 6.04 Å². The Bertz CT molecular complexity index is 868. The van der Waals surface area contributed by atoms with Crippen LogP contribution in [0.15, 0.2) is 49.1 Å². The number of rotatable bonds is 5. The number of carbonyl (C=O) groups is 1. The van der Waals surface area contributed by atoms with Crippen LogP contribution >= 0.6 is 0 Å². The number of carbonyl (C=O) groups excluding carboxylic acids is 1. The molecule has 1 atom stereocenters. The summed E-state index contributed by atoms with van der Waals surface area (Å²) in [5.41, 5.74) is 0.880. The maximum atomic E-state index is 13.2. The summed E-state index contributed by atoms with van der Waals surface area (Å²) in [4.78, 5) is 21.8. The number of hydrogen-bond donors (Lipinski definition) is 0. The van der Waals surface area contributed by atoms with Crippen LogP contribution in [-0.2, 0) is 18.4 Å². The summed E-state index contributed by atoms with van der Waals surface area (Å²) < 4.78 is 3.55. The van der Waals surface area contributed by atoms with E-state index in [1.54, 1.807) is 0 Å². The minimum atomic E-state index is -0.540. The fourth-order valence-corrected chi connectivity index (χ4v) is 3.38. The maximum absolute atomic E-state index is 13.2. The molecular formula is C18H22N8O. The van der Waals surface area contributed by atoms with E-state index in [0.717, 1.165) is 31.0 Å². The fourth-order valence-electron chi connectivity index (χ4n) is 3.38. The number of aryl methyl sites for hydroxylation is 1. The molecule has 9 heteroatoms. The third-order valence-corrected chi connectivity index (χ3v) is 4.95. The Kier molecular flexibility index (Phi) is 4.93. The predicted octanol–water partition coefficient (Wildman–Crippen LogP) is 0.340. The van der Waals surface area contributed by atoms with Crippen molar-refractivity contribution >= 4 is 5.91 Å². The van der Waals surface area contributed by atoms with E-state index in [2.05, 4.69) is 25.4 Å². The first-order chi connectivity index (χ1) is 13.2. The van der Waals surface area contributed by atoms with E-state index in [1.807, 2.05) is 59.2 Å². The Morgan fingerprint density at radius 3 is 2.56 bits per heavy atom. The zero-order valence-electron chi connectivity index (χ0n) is 15.2. The Labute approximate surface area is 157 Å². The molecule has 0 unspecified atom stereocenters. The van der Waals surface area contributed by atoms with Crippen LogP contribution in [0, 0.1) is 0 Å². The lowest BCUT2D eigenvalue weighted by Crippen LogP contribution is -2.50. The molecule has 1 amide bonds. The summed E-state index contributed by atoms with van der Waals surface area (Å²) in [7, 11) is 2.00. The molecule has 0 spiro atoms. The first-order valence-corrected chi connectivity index (χ1v) is 8.97. The highest BCUT2D eigenvalue weighted by atomic mass is 16.2. The van der Waals surface area contributed by atoms with Gasteiger partial charge in [0.1, 0.15) is 12.2 Å². The van der Waals surface area contributed by atoms with Crippen LogP contribution in [0.5, 0.6) is 0 Å². The predicted molar refractivity (Wildman–Crippen MR) is 97.5 cm³/mol. The molecule has 1 aliphatic heterocycles. The van der Waals surface area contributed by atoms with Gasteiger partial charge in [0.2, 0.25) is 0 Å². The minimum Gasteiger partial charge on any atom is -0.338 e. The normalized spacial score (nSPS) is 16.4. The Morgan fingerprint density at radius 1 is 1.15 bits per heavy atom. The number of piperazine rings is 1. The third kappa shape index (κ3) is 3.72. The van der Waals surface area contributed by atoms with Gasteiger partial charge in [0, 0.05) is 45.6 Å². The molecule has 3 heterocycles. The molecule has 1 aliphatic rings. The monoisotopic (exact) mass is 366 g/mol. The molecule has 0 saturated carbocycles. The highest BCUT2D eigenvalue weighted by molar-refractivity contribution is 5.83. The van der Waals surface area contributed by atoms with Crippen molar-refractivity contribution in [3.05, 3.63) is 60.4 Å². The quantitative estimate of drug-likeness (QED) is 0.647. The number of benzene rings is 1. The molecule has 4 rings (SSSR count). The maximum Gasteiger partial charge on any atom is 0.252 e. The van der Waals surface area contributed by atoms with Gasteiger partial charge < -0.3 is 9.47 Å². The molecule has 2 aromatic heterocycles. The summed E-state index contributed by atoms with van der Waals surface area (Å²) in [6.07, 6.45) is 5.25. The number of tetrazole rings is 1. The SMILES string of the molecule is Cn1ccnc1CN1CCN(C(=O)[C@H](c2ccccc2)n2cnnn2)CC1. The van der Waals surface area contributed by atoms with Gasteiger partial charge in [0.15, 0.2) is 6.04 Å². The zero-order chi connectivity index (χ0) is 18.6. The second-order valence-electron chi connectivity index (χ2n) is 6.66. The van der Waals surface area contributed by atoms with E-state index >= 15 is 0 Å². The molecule has 1 fully saturated rings. The summed E-state index contributed by atoms with van der Waals surface area (Å²) >= 11 is 0. The number of imidazole rings is 1. The molecule has 0 aliphatic carbocycles. The summed E-state index contributed by atoms with van der Waals surface area (Å²) in [6, 6.07) is 9.10. The highest BCUT2D eigenvalue weighted by Gasteiger charge is 2.30. The van der Waals surface area contributed by atoms with Crippen molar-refractivity contribution in [1.82, 2.24) is 39.6 Å². The lowest BCUT2D eigenvalue weighted by atomic mass is 10.1. The number of nitrogens with zero attached hydrogens (tertiary/aromatic N) is 8. The smallest absolute Gasteiger partial charge is 0.252 e. The van der Waals surface area contributed by atoms with Crippen LogP contribution in [0.1, 0.15) is 17.4 Å². The molecule has 1 aromatic carbocycles. The lowest BCUT2D eigenvalue weighted by Gasteiger charge is -2.36. The van der Waals surface area contributed by atoms with Gasteiger partial charge in [0.05, 0.1) is 6.54 Å². The molecule has 0 bridgehead atoms. The number of hydrogen-bond acceptors (Lipinski definition) is 6. The Morgan fingerprint density at radius 2 is 1.93 bits per heavy atom. The van der Waals surface area contributed by atoms with Gasteiger partial charge in [-0.2, -0.15) is 0 Å². The van der Waals surface area contributed by atoms with Crippen molar-refractivity contribution in [3.8, 4) is 0 Å². The first kappa shape index (κ1) is 17.3. The van der Waals surface area contributed by atoms with E-state index in [4.69, 9.17) is 0 Å². The average Bonchev–Trinajstić information content (AvgIpc) is 3.36. The first-order valence-electron chi connectivity index (χ1n) is 8.97. The second-order valence-corrected chi connectivity index (χ2v) is 6.66. The van der Waals surface area contributed by atoms with E-state index in [0.29, 0.717) is 13.1 Å². The van der Waals surface area contributed by atoms with E-state index in [9.17, 15) is 4.79 Å². The summed E-state index contributed by atoms with van der Waals surface area (Å²) in [6.45, 7) is 3.77. The van der Waals surface area contributed by atoms with Crippen molar-refractivity contribution in [2.75, 3.05) is 26.2 Å². The molecule has 140 valence electrons. The summed E-state index contributed by atoms with van der Waals surface area (Å²) in [5.74, 6) is 1.05. The van der Waals surface area contributed by atoms with Gasteiger partial charge in [-0.25, -0.2) is 9.67 Å². The largest absolute Gasteiger partial charge is 0.338 e. The minimum absolute atomic E-state index is 0.0186. The molecule has 9 nitrogen and oxygen atoms in total. The van der Waals surface area contributed by atoms with Gasteiger partial charge in [-0.1, -0.05) is 30.3 Å². The van der Waals surface area contributed by atoms with Crippen LogP contribution in [-0.4, -0.2) is 71.6 Å². The molecule has 0 N–H and O–H groups in total. The van der Waals surface area contributed by atoms with Crippen molar-refractivity contribution in [1.29, 1.82) is 0 Å². The molecule has 27 heavy (non-hydrogen) atoms. The van der Waals surface area contributed by atoms with Gasteiger partial charge in [-0.3, -0.25) is 9.69 Å². The lowest BCUT2D eigenvalue weighted by molar-refractivity contribution is -0.135. The van der Waals surface area contributed by atoms with Gasteiger partial charge in [-0.05, 0) is 16.0 Å². The Balaban J connectivity index is 1.45. The second kappa shape index (κ2) is 7.67. The van der Waals surface area contributed by atoms with E-state index in [1.165, 1.54) is 11.0 Å². The average molecular weight is 366 g/mol. The van der Waals surface area contributed by atoms with Crippen molar-refractivity contribution in [2.24, 2.45) is 7.05 Å². The molecule has 3 aromatic rings. The molecule has 1 saturated heterocycles. The van der Waals surface area contributed by atoms with Crippen LogP contribution in [0.4, 0.5) is 0 Å². The standard InChI is InChI=1S/C18H22N8O/c1-23-8-7-19-16(23)13-24-9-11-25(12-10-24)18(27)17(26-14-20-21-22-26)15-5-3-2-4-6-15/h2-8,14,17H,9-13H2,1H3/t17-/m0/s1.